The number of nitrogens with zero attached hydrogens (tertiary/aromatic N) is 1. The van der Waals surface area contributed by atoms with Crippen LogP contribution in [-0.2, 0) is 24.2 Å². The predicted octanol–water partition coefficient (Wildman–Crippen LogP) is 4.30. The summed E-state index contributed by atoms with van der Waals surface area (Å²) in [6.07, 6.45) is 3.46. The molecule has 138 valence electrons. The Balaban J connectivity index is 1.26. The van der Waals surface area contributed by atoms with Crippen LogP contribution in [0.4, 0.5) is 0 Å². The van der Waals surface area contributed by atoms with Crippen LogP contribution in [0.25, 0.3) is 11.3 Å². The molecule has 1 aliphatic rings. The first-order valence-corrected chi connectivity index (χ1v) is 10.1. The van der Waals surface area contributed by atoms with Crippen molar-refractivity contribution < 1.29 is 9.53 Å². The molecule has 3 aromatic rings. The fourth-order valence-electron chi connectivity index (χ4n) is 3.33. The lowest BCUT2D eigenvalue weighted by Gasteiger charge is -2.09. The largest absolute Gasteiger partial charge is 0.484 e. The van der Waals surface area contributed by atoms with E-state index in [1.54, 1.807) is 11.3 Å². The normalized spacial score (nSPS) is 12.6. The van der Waals surface area contributed by atoms with Crippen molar-refractivity contribution in [3.8, 4) is 17.0 Å². The first-order valence-electron chi connectivity index (χ1n) is 9.20. The highest BCUT2D eigenvalue weighted by molar-refractivity contribution is 7.09. The number of hydrogen-bond acceptors (Lipinski definition) is 4. The quantitative estimate of drug-likeness (QED) is 0.696. The average Bonchev–Trinajstić information content (AvgIpc) is 3.33. The predicted molar refractivity (Wildman–Crippen MR) is 108 cm³/mol. The van der Waals surface area contributed by atoms with Gasteiger partial charge in [-0.25, -0.2) is 4.98 Å². The Morgan fingerprint density at radius 1 is 1.15 bits per heavy atom. The molecule has 0 unspecified atom stereocenters. The number of aryl methyl sites for hydroxylation is 3. The van der Waals surface area contributed by atoms with Crippen molar-refractivity contribution in [2.24, 2.45) is 0 Å². The molecule has 1 aromatic heterocycles. The van der Waals surface area contributed by atoms with Gasteiger partial charge in [-0.1, -0.05) is 30.3 Å². The highest BCUT2D eigenvalue weighted by Gasteiger charge is 2.12. The van der Waals surface area contributed by atoms with Gasteiger partial charge in [-0.2, -0.15) is 0 Å². The molecule has 4 rings (SSSR count). The molecular formula is C22H22N2O2S. The van der Waals surface area contributed by atoms with Gasteiger partial charge in [0.25, 0.3) is 5.91 Å². The molecule has 0 spiro atoms. The lowest BCUT2D eigenvalue weighted by molar-refractivity contribution is -0.123. The molecule has 0 saturated heterocycles. The van der Waals surface area contributed by atoms with E-state index in [2.05, 4.69) is 27.8 Å². The Labute approximate surface area is 163 Å². The summed E-state index contributed by atoms with van der Waals surface area (Å²) in [6.45, 7) is 2.53. The second kappa shape index (κ2) is 7.92. The fraction of sp³-hybridized carbons (Fsp3) is 0.273. The van der Waals surface area contributed by atoms with Crippen molar-refractivity contribution in [1.82, 2.24) is 10.3 Å². The van der Waals surface area contributed by atoms with Crippen LogP contribution in [0.15, 0.2) is 47.8 Å². The SMILES string of the molecule is Cc1nc(-c2ccc(CNC(=O)COc3ccc4c(c3)CCC4)cc2)cs1. The fourth-order valence-corrected chi connectivity index (χ4v) is 3.95. The summed E-state index contributed by atoms with van der Waals surface area (Å²) in [5.41, 5.74) is 5.90. The average molecular weight is 378 g/mol. The van der Waals surface area contributed by atoms with Crippen LogP contribution in [0.3, 0.4) is 0 Å². The van der Waals surface area contributed by atoms with Crippen LogP contribution in [0, 0.1) is 6.92 Å². The number of carbonyl (C=O) groups excluding carboxylic acids is 1. The number of amides is 1. The summed E-state index contributed by atoms with van der Waals surface area (Å²) in [5, 5.41) is 6.03. The van der Waals surface area contributed by atoms with Crippen molar-refractivity contribution in [3.63, 3.8) is 0 Å². The molecule has 0 bridgehead atoms. The molecule has 1 aliphatic carbocycles. The van der Waals surface area contributed by atoms with Gasteiger partial charge in [0, 0.05) is 17.5 Å². The van der Waals surface area contributed by atoms with Gasteiger partial charge in [-0.3, -0.25) is 4.79 Å². The summed E-state index contributed by atoms with van der Waals surface area (Å²) >= 11 is 1.65. The van der Waals surface area contributed by atoms with E-state index in [0.717, 1.165) is 40.4 Å². The van der Waals surface area contributed by atoms with Crippen LogP contribution in [0.1, 0.15) is 28.1 Å². The lowest BCUT2D eigenvalue weighted by Crippen LogP contribution is -2.28. The highest BCUT2D eigenvalue weighted by Crippen LogP contribution is 2.26. The third-order valence-corrected chi connectivity index (χ3v) is 5.57. The van der Waals surface area contributed by atoms with E-state index >= 15 is 0 Å². The van der Waals surface area contributed by atoms with Crippen LogP contribution in [0.2, 0.25) is 0 Å². The Bertz CT molecular complexity index is 947. The molecule has 5 heteroatoms. The molecule has 2 aromatic carbocycles. The van der Waals surface area contributed by atoms with Crippen molar-refractivity contribution in [2.45, 2.75) is 32.7 Å². The minimum absolute atomic E-state index is 0.0367. The van der Waals surface area contributed by atoms with E-state index in [0.29, 0.717) is 6.54 Å². The van der Waals surface area contributed by atoms with E-state index in [1.165, 1.54) is 17.5 Å². The molecule has 0 fully saturated rings. The number of nitrogens with one attached hydrogen (secondary N) is 1. The van der Waals surface area contributed by atoms with Crippen molar-refractivity contribution in [1.29, 1.82) is 0 Å². The number of hydrogen-bond donors (Lipinski definition) is 1. The Hall–Kier alpha value is -2.66. The number of aromatic nitrogens is 1. The molecule has 0 radical (unpaired) electrons. The molecule has 1 N–H and O–H groups in total. The summed E-state index contributed by atoms with van der Waals surface area (Å²) in [7, 11) is 0. The minimum atomic E-state index is -0.116. The van der Waals surface area contributed by atoms with Gasteiger partial charge in [-0.15, -0.1) is 11.3 Å². The Morgan fingerprint density at radius 3 is 2.74 bits per heavy atom. The van der Waals surface area contributed by atoms with Crippen LogP contribution in [-0.4, -0.2) is 17.5 Å². The molecule has 0 atom stereocenters. The number of thiazole rings is 1. The maximum absolute atomic E-state index is 12.1. The summed E-state index contributed by atoms with van der Waals surface area (Å²) < 4.78 is 5.64. The molecular weight excluding hydrogens is 356 g/mol. The van der Waals surface area contributed by atoms with Gasteiger partial charge in [0.1, 0.15) is 5.75 Å². The summed E-state index contributed by atoms with van der Waals surface area (Å²) in [6, 6.07) is 14.2. The van der Waals surface area contributed by atoms with Gasteiger partial charge < -0.3 is 10.1 Å². The Kier molecular flexibility index (Phi) is 5.21. The van der Waals surface area contributed by atoms with Crippen LogP contribution >= 0.6 is 11.3 Å². The Morgan fingerprint density at radius 2 is 1.96 bits per heavy atom. The van der Waals surface area contributed by atoms with Gasteiger partial charge >= 0.3 is 0 Å². The van der Waals surface area contributed by atoms with Crippen molar-refractivity contribution >= 4 is 17.2 Å². The second-order valence-corrected chi connectivity index (χ2v) is 7.86. The molecule has 0 saturated carbocycles. The van der Waals surface area contributed by atoms with Crippen molar-refractivity contribution in [2.75, 3.05) is 6.61 Å². The first kappa shape index (κ1) is 17.7. The number of ether oxygens (including phenoxy) is 1. The maximum atomic E-state index is 12.1. The summed E-state index contributed by atoms with van der Waals surface area (Å²) in [4.78, 5) is 16.6. The van der Waals surface area contributed by atoms with E-state index in [-0.39, 0.29) is 12.5 Å². The highest BCUT2D eigenvalue weighted by atomic mass is 32.1. The van der Waals surface area contributed by atoms with Gasteiger partial charge in [0.05, 0.1) is 10.7 Å². The molecule has 1 amide bonds. The van der Waals surface area contributed by atoms with E-state index in [9.17, 15) is 4.79 Å². The minimum Gasteiger partial charge on any atom is -0.484 e. The first-order chi connectivity index (χ1) is 13.2. The maximum Gasteiger partial charge on any atom is 0.258 e. The number of rotatable bonds is 6. The van der Waals surface area contributed by atoms with E-state index in [1.807, 2.05) is 37.3 Å². The monoisotopic (exact) mass is 378 g/mol. The number of fused-ring (bicyclic) bond motifs is 1. The number of carbonyl (C=O) groups is 1. The van der Waals surface area contributed by atoms with Gasteiger partial charge in [-0.05, 0) is 55.0 Å². The molecule has 0 aliphatic heterocycles. The second-order valence-electron chi connectivity index (χ2n) is 6.80. The van der Waals surface area contributed by atoms with Crippen molar-refractivity contribution in [3.05, 3.63) is 69.5 Å². The molecule has 1 heterocycles. The van der Waals surface area contributed by atoms with Gasteiger partial charge in [0.15, 0.2) is 6.61 Å². The lowest BCUT2D eigenvalue weighted by atomic mass is 10.1. The van der Waals surface area contributed by atoms with Gasteiger partial charge in [0.2, 0.25) is 0 Å². The standard InChI is InChI=1S/C22H22N2O2S/c1-15-24-21(14-27-15)18-7-5-16(6-8-18)12-23-22(25)13-26-20-10-9-17-3-2-4-19(17)11-20/h5-11,14H,2-4,12-13H2,1H3,(H,23,25). The van der Waals surface area contributed by atoms with E-state index < -0.39 is 0 Å². The third kappa shape index (κ3) is 4.37. The number of benzene rings is 2. The zero-order chi connectivity index (χ0) is 18.6. The van der Waals surface area contributed by atoms with Crippen LogP contribution in [0.5, 0.6) is 5.75 Å². The molecule has 27 heavy (non-hydrogen) atoms. The van der Waals surface area contributed by atoms with E-state index in [4.69, 9.17) is 4.74 Å². The third-order valence-electron chi connectivity index (χ3n) is 4.80. The zero-order valence-corrected chi connectivity index (χ0v) is 16.1. The summed E-state index contributed by atoms with van der Waals surface area (Å²) in [5.74, 6) is 0.656. The zero-order valence-electron chi connectivity index (χ0n) is 15.3. The molecule has 4 nitrogen and oxygen atoms in total. The topological polar surface area (TPSA) is 51.2 Å². The van der Waals surface area contributed by atoms with Crippen LogP contribution < -0.4 is 10.1 Å². The smallest absolute Gasteiger partial charge is 0.258 e.